The molecule has 2 heterocycles. The summed E-state index contributed by atoms with van der Waals surface area (Å²) in [5.74, 6) is -0.275. The maximum atomic E-state index is 13.6. The Hall–Kier alpha value is -1.56. The van der Waals surface area contributed by atoms with E-state index >= 15 is 0 Å². The van der Waals surface area contributed by atoms with E-state index in [0.717, 1.165) is 12.2 Å². The van der Waals surface area contributed by atoms with Gasteiger partial charge in [0.2, 0.25) is 5.95 Å². The molecule has 1 N–H and O–H groups in total. The molecule has 0 aliphatic rings. The first kappa shape index (κ1) is 14.5. The third-order valence-electron chi connectivity index (χ3n) is 2.58. The molecule has 5 nitrogen and oxygen atoms in total. The molecule has 0 atom stereocenters. The van der Waals surface area contributed by atoms with Crippen molar-refractivity contribution in [3.05, 3.63) is 30.1 Å². The number of rotatable bonds is 5. The van der Waals surface area contributed by atoms with E-state index in [4.69, 9.17) is 0 Å². The Balaban J connectivity index is 0.00000162. The van der Waals surface area contributed by atoms with Crippen molar-refractivity contribution in [2.75, 3.05) is 5.32 Å². The average molecular weight is 274 g/mol. The molecule has 0 fully saturated rings. The highest BCUT2D eigenvalue weighted by atomic mass is 35.5. The van der Waals surface area contributed by atoms with Gasteiger partial charge in [-0.2, -0.15) is 14.6 Å². The zero-order chi connectivity index (χ0) is 12.3. The van der Waals surface area contributed by atoms with E-state index in [0.29, 0.717) is 18.7 Å². The maximum absolute atomic E-state index is 13.6. The van der Waals surface area contributed by atoms with Crippen LogP contribution in [-0.2, 0) is 19.6 Å². The van der Waals surface area contributed by atoms with Crippen molar-refractivity contribution in [3.63, 3.8) is 0 Å². The summed E-state index contributed by atoms with van der Waals surface area (Å²) in [7, 11) is 0. The van der Waals surface area contributed by atoms with Gasteiger partial charge in [0, 0.05) is 31.4 Å². The van der Waals surface area contributed by atoms with Crippen molar-refractivity contribution in [2.24, 2.45) is 0 Å². The lowest BCUT2D eigenvalue weighted by Gasteiger charge is -2.01. The number of nitrogens with one attached hydrogen (secondary N) is 1. The molecule has 0 amide bonds. The van der Waals surface area contributed by atoms with Crippen molar-refractivity contribution in [2.45, 2.75) is 33.5 Å². The largest absolute Gasteiger partial charge is 0.378 e. The fourth-order valence-electron chi connectivity index (χ4n) is 1.57. The second-order valence-corrected chi connectivity index (χ2v) is 3.71. The molecule has 2 aromatic heterocycles. The quantitative estimate of drug-likeness (QED) is 0.909. The molecule has 0 radical (unpaired) electrons. The van der Waals surface area contributed by atoms with E-state index in [-0.39, 0.29) is 18.4 Å². The fraction of sp³-hybridized carbons (Fsp3) is 0.455. The molecule has 0 aliphatic carbocycles. The number of aromatic nitrogens is 4. The Morgan fingerprint density at radius 1 is 1.22 bits per heavy atom. The third kappa shape index (κ3) is 3.01. The van der Waals surface area contributed by atoms with Crippen LogP contribution in [0, 0.1) is 5.95 Å². The summed E-state index contributed by atoms with van der Waals surface area (Å²) in [6, 6.07) is 0. The standard InChI is InChI=1S/C11H16FN5.ClH/c1-3-16-8-10(7-14-16)13-5-9-6-15-17(4-2)11(9)12;/h6-8,13H,3-5H2,1-2H3;1H. The average Bonchev–Trinajstić information content (AvgIpc) is 2.93. The Labute approximate surface area is 111 Å². The molecule has 2 aromatic rings. The number of nitrogens with zero attached hydrogens (tertiary/aromatic N) is 4. The minimum Gasteiger partial charge on any atom is -0.378 e. The van der Waals surface area contributed by atoms with Crippen LogP contribution >= 0.6 is 12.4 Å². The van der Waals surface area contributed by atoms with Gasteiger partial charge in [0.25, 0.3) is 0 Å². The van der Waals surface area contributed by atoms with Gasteiger partial charge in [-0.3, -0.25) is 4.68 Å². The van der Waals surface area contributed by atoms with Gasteiger partial charge in [0.1, 0.15) is 0 Å². The molecular formula is C11H17ClFN5. The van der Waals surface area contributed by atoms with Crippen LogP contribution in [-0.4, -0.2) is 19.6 Å². The lowest BCUT2D eigenvalue weighted by atomic mass is 10.3. The zero-order valence-corrected chi connectivity index (χ0v) is 11.2. The third-order valence-corrected chi connectivity index (χ3v) is 2.58. The van der Waals surface area contributed by atoms with Crippen LogP contribution in [0.5, 0.6) is 0 Å². The van der Waals surface area contributed by atoms with Crippen molar-refractivity contribution >= 4 is 18.1 Å². The lowest BCUT2D eigenvalue weighted by Crippen LogP contribution is -2.03. The van der Waals surface area contributed by atoms with E-state index in [1.54, 1.807) is 12.4 Å². The first-order chi connectivity index (χ1) is 8.24. The molecule has 0 unspecified atom stereocenters. The van der Waals surface area contributed by atoms with Gasteiger partial charge >= 0.3 is 0 Å². The molecule has 0 spiro atoms. The zero-order valence-electron chi connectivity index (χ0n) is 10.4. The molecule has 2 rings (SSSR count). The van der Waals surface area contributed by atoms with Crippen LogP contribution in [0.15, 0.2) is 18.6 Å². The van der Waals surface area contributed by atoms with Gasteiger partial charge in [-0.1, -0.05) is 0 Å². The van der Waals surface area contributed by atoms with Crippen LogP contribution in [0.1, 0.15) is 19.4 Å². The van der Waals surface area contributed by atoms with Gasteiger partial charge in [0.05, 0.1) is 18.1 Å². The Morgan fingerprint density at radius 2 is 2.00 bits per heavy atom. The van der Waals surface area contributed by atoms with Gasteiger partial charge in [0.15, 0.2) is 0 Å². The summed E-state index contributed by atoms with van der Waals surface area (Å²) < 4.78 is 16.8. The lowest BCUT2D eigenvalue weighted by molar-refractivity contribution is 0.465. The molecule has 0 saturated carbocycles. The molecule has 0 aromatic carbocycles. The summed E-state index contributed by atoms with van der Waals surface area (Å²) in [5, 5.41) is 11.2. The van der Waals surface area contributed by atoms with Crippen LogP contribution in [0.4, 0.5) is 10.1 Å². The Kier molecular flexibility index (Phi) is 5.15. The first-order valence-electron chi connectivity index (χ1n) is 5.71. The molecule has 0 saturated heterocycles. The second kappa shape index (κ2) is 6.39. The van der Waals surface area contributed by atoms with E-state index in [2.05, 4.69) is 15.5 Å². The number of aryl methyl sites for hydroxylation is 2. The summed E-state index contributed by atoms with van der Waals surface area (Å²) in [6.45, 7) is 5.66. The van der Waals surface area contributed by atoms with Crippen LogP contribution in [0.25, 0.3) is 0 Å². The van der Waals surface area contributed by atoms with E-state index in [1.807, 2.05) is 24.7 Å². The van der Waals surface area contributed by atoms with Crippen LogP contribution in [0.2, 0.25) is 0 Å². The highest BCUT2D eigenvalue weighted by molar-refractivity contribution is 5.85. The number of hydrogen-bond donors (Lipinski definition) is 1. The number of anilines is 1. The highest BCUT2D eigenvalue weighted by Crippen LogP contribution is 2.10. The minimum atomic E-state index is -0.275. The number of halogens is 2. The van der Waals surface area contributed by atoms with Crippen molar-refractivity contribution in [1.82, 2.24) is 19.6 Å². The van der Waals surface area contributed by atoms with E-state index in [9.17, 15) is 4.39 Å². The maximum Gasteiger partial charge on any atom is 0.216 e. The predicted octanol–water partition coefficient (Wildman–Crippen LogP) is 2.29. The van der Waals surface area contributed by atoms with Gasteiger partial charge in [-0.15, -0.1) is 12.4 Å². The molecule has 0 aliphatic heterocycles. The summed E-state index contributed by atoms with van der Waals surface area (Å²) in [5.41, 5.74) is 1.45. The molecule has 18 heavy (non-hydrogen) atoms. The van der Waals surface area contributed by atoms with Gasteiger partial charge in [-0.25, -0.2) is 4.68 Å². The van der Waals surface area contributed by atoms with E-state index < -0.39 is 0 Å². The molecular weight excluding hydrogens is 257 g/mol. The highest BCUT2D eigenvalue weighted by Gasteiger charge is 2.08. The number of hydrogen-bond acceptors (Lipinski definition) is 3. The molecule has 100 valence electrons. The second-order valence-electron chi connectivity index (χ2n) is 3.71. The fourth-order valence-corrected chi connectivity index (χ4v) is 1.57. The monoisotopic (exact) mass is 273 g/mol. The van der Waals surface area contributed by atoms with Crippen molar-refractivity contribution in [1.29, 1.82) is 0 Å². The van der Waals surface area contributed by atoms with Crippen LogP contribution in [0.3, 0.4) is 0 Å². The molecule has 7 heteroatoms. The van der Waals surface area contributed by atoms with Gasteiger partial charge in [-0.05, 0) is 13.8 Å². The normalized spacial score (nSPS) is 10.2. The SMILES string of the molecule is CCn1cc(NCc2cnn(CC)c2F)cn1.Cl. The topological polar surface area (TPSA) is 47.7 Å². The van der Waals surface area contributed by atoms with E-state index in [1.165, 1.54) is 4.68 Å². The van der Waals surface area contributed by atoms with Crippen molar-refractivity contribution < 1.29 is 4.39 Å². The Morgan fingerprint density at radius 3 is 2.56 bits per heavy atom. The van der Waals surface area contributed by atoms with Gasteiger partial charge < -0.3 is 5.32 Å². The van der Waals surface area contributed by atoms with Crippen molar-refractivity contribution in [3.8, 4) is 0 Å². The minimum absolute atomic E-state index is 0. The molecule has 0 bridgehead atoms. The predicted molar refractivity (Wildman–Crippen MR) is 70.3 cm³/mol. The smallest absolute Gasteiger partial charge is 0.216 e. The summed E-state index contributed by atoms with van der Waals surface area (Å²) >= 11 is 0. The summed E-state index contributed by atoms with van der Waals surface area (Å²) in [6.07, 6.45) is 5.17. The first-order valence-corrected chi connectivity index (χ1v) is 5.71. The Bertz CT molecular complexity index is 493. The summed E-state index contributed by atoms with van der Waals surface area (Å²) in [4.78, 5) is 0. The van der Waals surface area contributed by atoms with Crippen LogP contribution < -0.4 is 5.32 Å².